The number of nitrogens with zero attached hydrogens (tertiary/aromatic N) is 2. The number of ether oxygens (including phenoxy) is 1. The van der Waals surface area contributed by atoms with Crippen molar-refractivity contribution in [2.24, 2.45) is 7.05 Å². The van der Waals surface area contributed by atoms with E-state index in [9.17, 15) is 4.79 Å². The van der Waals surface area contributed by atoms with Gasteiger partial charge in [-0.3, -0.25) is 4.79 Å². The first-order chi connectivity index (χ1) is 8.97. The Hall–Kier alpha value is -1.62. The molecule has 0 radical (unpaired) electrons. The maximum absolute atomic E-state index is 12.4. The van der Waals surface area contributed by atoms with E-state index in [0.717, 1.165) is 21.2 Å². The lowest BCUT2D eigenvalue weighted by molar-refractivity contribution is 0.410. The van der Waals surface area contributed by atoms with E-state index >= 15 is 0 Å². The van der Waals surface area contributed by atoms with Crippen LogP contribution in [0.2, 0.25) is 0 Å². The van der Waals surface area contributed by atoms with Gasteiger partial charge in [0, 0.05) is 11.5 Å². The molecule has 0 aliphatic rings. The Morgan fingerprint density at radius 2 is 1.95 bits per heavy atom. The van der Waals surface area contributed by atoms with Gasteiger partial charge in [-0.1, -0.05) is 22.0 Å². The van der Waals surface area contributed by atoms with Crippen LogP contribution in [0, 0.1) is 13.8 Å². The first kappa shape index (κ1) is 13.8. The van der Waals surface area contributed by atoms with Gasteiger partial charge in [-0.2, -0.15) is 5.10 Å². The van der Waals surface area contributed by atoms with E-state index in [-0.39, 0.29) is 5.56 Å². The smallest absolute Gasteiger partial charge is 0.278 e. The van der Waals surface area contributed by atoms with Gasteiger partial charge >= 0.3 is 0 Å². The number of aryl methyl sites for hydroxylation is 2. The van der Waals surface area contributed by atoms with E-state index in [2.05, 4.69) is 21.0 Å². The fourth-order valence-electron chi connectivity index (χ4n) is 2.11. The SMILES string of the molecule is COc1cnn(C)c(=O)c1-c1c(C)ccc(Br)c1C. The van der Waals surface area contributed by atoms with Crippen LogP contribution in [0.3, 0.4) is 0 Å². The van der Waals surface area contributed by atoms with Crippen LogP contribution < -0.4 is 10.3 Å². The summed E-state index contributed by atoms with van der Waals surface area (Å²) in [6.07, 6.45) is 1.57. The van der Waals surface area contributed by atoms with Crippen LogP contribution in [0.4, 0.5) is 0 Å². The average Bonchev–Trinajstić information content (AvgIpc) is 2.39. The molecule has 4 nitrogen and oxygen atoms in total. The summed E-state index contributed by atoms with van der Waals surface area (Å²) >= 11 is 3.50. The second kappa shape index (κ2) is 5.17. The fraction of sp³-hybridized carbons (Fsp3) is 0.286. The highest BCUT2D eigenvalue weighted by Gasteiger charge is 2.18. The minimum absolute atomic E-state index is 0.163. The molecule has 0 spiro atoms. The summed E-state index contributed by atoms with van der Waals surface area (Å²) in [5.74, 6) is 0.493. The van der Waals surface area contributed by atoms with Gasteiger partial charge in [0.2, 0.25) is 0 Å². The van der Waals surface area contributed by atoms with E-state index in [1.807, 2.05) is 26.0 Å². The lowest BCUT2D eigenvalue weighted by atomic mass is 9.96. The number of aromatic nitrogens is 2. The second-order valence-corrected chi connectivity index (χ2v) is 5.24. The first-order valence-corrected chi connectivity index (χ1v) is 6.63. The summed E-state index contributed by atoms with van der Waals surface area (Å²) in [5.41, 5.74) is 3.33. The van der Waals surface area contributed by atoms with Crippen molar-refractivity contribution in [2.45, 2.75) is 13.8 Å². The molecule has 2 aromatic rings. The van der Waals surface area contributed by atoms with Crippen molar-refractivity contribution in [3.8, 4) is 16.9 Å². The highest BCUT2D eigenvalue weighted by atomic mass is 79.9. The van der Waals surface area contributed by atoms with E-state index in [4.69, 9.17) is 4.74 Å². The molecule has 100 valence electrons. The van der Waals surface area contributed by atoms with Crippen molar-refractivity contribution in [3.05, 3.63) is 44.3 Å². The molecule has 0 unspecified atom stereocenters. The van der Waals surface area contributed by atoms with Gasteiger partial charge in [0.15, 0.2) is 5.75 Å². The van der Waals surface area contributed by atoms with Gasteiger partial charge in [-0.25, -0.2) is 4.68 Å². The number of hydrogen-bond donors (Lipinski definition) is 0. The molecule has 0 bridgehead atoms. The maximum atomic E-state index is 12.4. The van der Waals surface area contributed by atoms with E-state index in [1.54, 1.807) is 20.4 Å². The molecule has 1 aromatic heterocycles. The second-order valence-electron chi connectivity index (χ2n) is 4.38. The van der Waals surface area contributed by atoms with Crippen LogP contribution in [0.5, 0.6) is 5.75 Å². The third kappa shape index (κ3) is 2.30. The minimum Gasteiger partial charge on any atom is -0.494 e. The van der Waals surface area contributed by atoms with Crippen molar-refractivity contribution in [3.63, 3.8) is 0 Å². The molecule has 1 heterocycles. The number of rotatable bonds is 2. The van der Waals surface area contributed by atoms with E-state index in [0.29, 0.717) is 11.3 Å². The van der Waals surface area contributed by atoms with Crippen LogP contribution in [0.15, 0.2) is 27.6 Å². The third-order valence-electron chi connectivity index (χ3n) is 3.18. The number of hydrogen-bond acceptors (Lipinski definition) is 3. The van der Waals surface area contributed by atoms with Gasteiger partial charge in [0.05, 0.1) is 18.9 Å². The van der Waals surface area contributed by atoms with Crippen LogP contribution in [-0.2, 0) is 7.05 Å². The quantitative estimate of drug-likeness (QED) is 0.854. The van der Waals surface area contributed by atoms with E-state index in [1.165, 1.54) is 4.68 Å². The molecular weight excluding hydrogens is 308 g/mol. The molecular formula is C14H15BrN2O2. The molecule has 2 rings (SSSR count). The Morgan fingerprint density at radius 1 is 1.26 bits per heavy atom. The summed E-state index contributed by atoms with van der Waals surface area (Å²) in [6, 6.07) is 3.96. The van der Waals surface area contributed by atoms with Crippen LogP contribution in [0.25, 0.3) is 11.1 Å². The molecule has 1 aromatic carbocycles. The lowest BCUT2D eigenvalue weighted by Crippen LogP contribution is -2.22. The zero-order valence-electron chi connectivity index (χ0n) is 11.3. The standard InChI is InChI=1S/C14H15BrN2O2/c1-8-5-6-10(15)9(2)12(8)13-11(19-4)7-16-17(3)14(13)18/h5-7H,1-4H3. The summed E-state index contributed by atoms with van der Waals surface area (Å²) in [7, 11) is 3.18. The minimum atomic E-state index is -0.163. The molecule has 0 fully saturated rings. The van der Waals surface area contributed by atoms with Gasteiger partial charge in [0.25, 0.3) is 5.56 Å². The lowest BCUT2D eigenvalue weighted by Gasteiger charge is -2.14. The largest absolute Gasteiger partial charge is 0.494 e. The predicted octanol–water partition coefficient (Wildman–Crippen LogP) is 2.84. The highest BCUT2D eigenvalue weighted by molar-refractivity contribution is 9.10. The molecule has 0 N–H and O–H groups in total. The van der Waals surface area contributed by atoms with Gasteiger partial charge in [-0.15, -0.1) is 0 Å². The Morgan fingerprint density at radius 3 is 2.58 bits per heavy atom. The normalized spacial score (nSPS) is 10.6. The number of methoxy groups -OCH3 is 1. The fourth-order valence-corrected chi connectivity index (χ4v) is 2.44. The number of halogens is 1. The maximum Gasteiger partial charge on any atom is 0.278 e. The molecule has 5 heteroatoms. The third-order valence-corrected chi connectivity index (χ3v) is 4.04. The Balaban J connectivity index is 2.90. The van der Waals surface area contributed by atoms with Crippen molar-refractivity contribution in [1.82, 2.24) is 9.78 Å². The van der Waals surface area contributed by atoms with Crippen LogP contribution in [-0.4, -0.2) is 16.9 Å². The average molecular weight is 323 g/mol. The monoisotopic (exact) mass is 322 g/mol. The Bertz CT molecular complexity index is 693. The summed E-state index contributed by atoms with van der Waals surface area (Å²) in [4.78, 5) is 12.4. The molecule has 0 aliphatic carbocycles. The van der Waals surface area contributed by atoms with Crippen molar-refractivity contribution >= 4 is 15.9 Å². The zero-order valence-corrected chi connectivity index (χ0v) is 12.9. The molecule has 19 heavy (non-hydrogen) atoms. The van der Waals surface area contributed by atoms with Crippen molar-refractivity contribution < 1.29 is 4.74 Å². The first-order valence-electron chi connectivity index (χ1n) is 5.83. The molecule has 0 aliphatic heterocycles. The molecule has 0 saturated carbocycles. The van der Waals surface area contributed by atoms with Gasteiger partial charge in [-0.05, 0) is 36.6 Å². The Labute approximate surface area is 120 Å². The molecule has 0 atom stereocenters. The van der Waals surface area contributed by atoms with Crippen molar-refractivity contribution in [1.29, 1.82) is 0 Å². The topological polar surface area (TPSA) is 44.1 Å². The highest BCUT2D eigenvalue weighted by Crippen LogP contribution is 2.34. The number of benzene rings is 1. The molecule has 0 saturated heterocycles. The van der Waals surface area contributed by atoms with Crippen LogP contribution in [0.1, 0.15) is 11.1 Å². The van der Waals surface area contributed by atoms with Gasteiger partial charge < -0.3 is 4.74 Å². The van der Waals surface area contributed by atoms with Gasteiger partial charge in [0.1, 0.15) is 0 Å². The van der Waals surface area contributed by atoms with E-state index < -0.39 is 0 Å². The Kier molecular flexibility index (Phi) is 3.75. The summed E-state index contributed by atoms with van der Waals surface area (Å²) in [6.45, 7) is 3.96. The predicted molar refractivity (Wildman–Crippen MR) is 78.6 cm³/mol. The van der Waals surface area contributed by atoms with Crippen molar-refractivity contribution in [2.75, 3.05) is 7.11 Å². The summed E-state index contributed by atoms with van der Waals surface area (Å²) < 4.78 is 7.58. The molecule has 0 amide bonds. The van der Waals surface area contributed by atoms with Crippen LogP contribution >= 0.6 is 15.9 Å². The summed E-state index contributed by atoms with van der Waals surface area (Å²) in [5, 5.41) is 3.98. The zero-order chi connectivity index (χ0) is 14.2.